The number of amides is 1. The lowest BCUT2D eigenvalue weighted by Gasteiger charge is -2.32. The summed E-state index contributed by atoms with van der Waals surface area (Å²) in [5.41, 5.74) is 1.98. The molecule has 2 N–H and O–H groups in total. The number of nitrogens with zero attached hydrogens (tertiary/aromatic N) is 4. The first-order chi connectivity index (χ1) is 18.9. The van der Waals surface area contributed by atoms with Gasteiger partial charge in [0.2, 0.25) is 0 Å². The minimum Gasteiger partial charge on any atom is -0.497 e. The van der Waals surface area contributed by atoms with Gasteiger partial charge in [0.05, 0.1) is 23.0 Å². The van der Waals surface area contributed by atoms with Crippen LogP contribution in [0.2, 0.25) is 5.02 Å². The number of piperazine rings is 1. The zero-order chi connectivity index (χ0) is 27.8. The lowest BCUT2D eigenvalue weighted by molar-refractivity contribution is 0.0664. The van der Waals surface area contributed by atoms with Crippen LogP contribution in [-0.2, 0) is 11.0 Å². The number of halogens is 1. The SMILES string of the molecule is CNc1nc2ccccc2nc1NS(=O)c1cccc(C(=O)N2CCN(C)CC2)c1.COc1ccc(Cl)cc1. The fourth-order valence-electron chi connectivity index (χ4n) is 3.90. The molecule has 1 atom stereocenters. The predicted molar refractivity (Wildman–Crippen MR) is 157 cm³/mol. The maximum atomic E-state index is 13.0. The fraction of sp³-hybridized carbons (Fsp3) is 0.250. The Balaban J connectivity index is 0.000000333. The third-order valence-corrected chi connectivity index (χ3v) is 7.44. The molecule has 2 heterocycles. The van der Waals surface area contributed by atoms with Crippen LogP contribution in [0.25, 0.3) is 11.0 Å². The summed E-state index contributed by atoms with van der Waals surface area (Å²) < 4.78 is 20.8. The first kappa shape index (κ1) is 28.3. The number of hydrogen-bond acceptors (Lipinski definition) is 7. The molecule has 4 aromatic rings. The molecule has 1 amide bonds. The molecule has 9 nitrogen and oxygen atoms in total. The van der Waals surface area contributed by atoms with E-state index in [1.807, 2.05) is 48.3 Å². The molecule has 1 aromatic heterocycles. The molecule has 204 valence electrons. The van der Waals surface area contributed by atoms with Crippen molar-refractivity contribution in [2.45, 2.75) is 4.90 Å². The molecule has 1 saturated heterocycles. The smallest absolute Gasteiger partial charge is 0.253 e. The standard InChI is InChI=1S/C21H24N6O2S.C7H7ClO/c1-22-19-20(24-18-9-4-3-8-17(18)23-19)25-30(29)16-7-5-6-15(14-16)21(28)27-12-10-26(2)11-13-27;1-9-7-4-2-6(8)3-5-7/h3-9,14H,10-13H2,1-2H3,(H,22,23)(H,24,25);2-5H,1H3. The number of aromatic nitrogens is 2. The van der Waals surface area contributed by atoms with Gasteiger partial charge in [-0.25, -0.2) is 14.2 Å². The van der Waals surface area contributed by atoms with Gasteiger partial charge < -0.3 is 19.9 Å². The van der Waals surface area contributed by atoms with Crippen molar-refractivity contribution in [1.29, 1.82) is 0 Å². The largest absolute Gasteiger partial charge is 0.497 e. The molecule has 0 aliphatic carbocycles. The number of nitrogens with one attached hydrogen (secondary N) is 2. The molecular formula is C28H31ClN6O3S. The number of hydrogen-bond donors (Lipinski definition) is 2. The first-order valence-corrected chi connectivity index (χ1v) is 13.9. The molecule has 39 heavy (non-hydrogen) atoms. The second-order valence-corrected chi connectivity index (χ2v) is 10.5. The van der Waals surface area contributed by atoms with Crippen molar-refractivity contribution in [2.24, 2.45) is 0 Å². The Bertz CT molecular complexity index is 1450. The van der Waals surface area contributed by atoms with Crippen molar-refractivity contribution >= 4 is 51.2 Å². The fourth-order valence-corrected chi connectivity index (χ4v) is 4.90. The van der Waals surface area contributed by atoms with Crippen LogP contribution in [0.1, 0.15) is 10.4 Å². The molecule has 0 spiro atoms. The molecule has 1 aliphatic rings. The van der Waals surface area contributed by atoms with Crippen LogP contribution >= 0.6 is 11.6 Å². The van der Waals surface area contributed by atoms with Crippen molar-refractivity contribution in [2.75, 3.05) is 57.4 Å². The number of methoxy groups -OCH3 is 1. The Kier molecular flexibility index (Phi) is 9.69. The van der Waals surface area contributed by atoms with Gasteiger partial charge in [-0.2, -0.15) is 0 Å². The number of rotatable bonds is 6. The molecule has 0 bridgehead atoms. The van der Waals surface area contributed by atoms with Crippen LogP contribution < -0.4 is 14.8 Å². The number of carbonyl (C=O) groups excluding carboxylic acids is 1. The summed E-state index contributed by atoms with van der Waals surface area (Å²) >= 11 is 5.61. The summed E-state index contributed by atoms with van der Waals surface area (Å²) in [4.78, 5) is 26.4. The zero-order valence-electron chi connectivity index (χ0n) is 22.1. The van der Waals surface area contributed by atoms with Crippen LogP contribution in [0.4, 0.5) is 11.6 Å². The van der Waals surface area contributed by atoms with E-state index in [1.54, 1.807) is 50.6 Å². The topological polar surface area (TPSA) is 99.7 Å². The van der Waals surface area contributed by atoms with E-state index in [1.165, 1.54) is 0 Å². The average molecular weight is 567 g/mol. The third-order valence-electron chi connectivity index (χ3n) is 6.13. The van der Waals surface area contributed by atoms with Gasteiger partial charge in [0.25, 0.3) is 5.91 Å². The third kappa shape index (κ3) is 7.44. The van der Waals surface area contributed by atoms with Gasteiger partial charge in [0, 0.05) is 43.8 Å². The minimum absolute atomic E-state index is 0.0386. The highest BCUT2D eigenvalue weighted by Crippen LogP contribution is 2.23. The zero-order valence-corrected chi connectivity index (χ0v) is 23.6. The number of para-hydroxylation sites is 2. The van der Waals surface area contributed by atoms with Crippen LogP contribution in [-0.4, -0.2) is 77.3 Å². The van der Waals surface area contributed by atoms with Gasteiger partial charge in [0.1, 0.15) is 5.75 Å². The first-order valence-electron chi connectivity index (χ1n) is 12.4. The molecule has 3 aromatic carbocycles. The Labute approximate surface area is 235 Å². The van der Waals surface area contributed by atoms with Gasteiger partial charge in [-0.3, -0.25) is 9.52 Å². The monoisotopic (exact) mass is 566 g/mol. The van der Waals surface area contributed by atoms with Crippen molar-refractivity contribution in [1.82, 2.24) is 19.8 Å². The van der Waals surface area contributed by atoms with E-state index in [0.29, 0.717) is 40.7 Å². The number of carbonyl (C=O) groups is 1. The summed E-state index contributed by atoms with van der Waals surface area (Å²) in [7, 11) is 3.82. The van der Waals surface area contributed by atoms with Crippen molar-refractivity contribution in [3.05, 3.63) is 83.4 Å². The molecule has 0 saturated carbocycles. The van der Waals surface area contributed by atoms with Gasteiger partial charge in [0.15, 0.2) is 22.6 Å². The van der Waals surface area contributed by atoms with Crippen molar-refractivity contribution < 1.29 is 13.7 Å². The van der Waals surface area contributed by atoms with E-state index in [0.717, 1.165) is 29.4 Å². The average Bonchev–Trinajstić information content (AvgIpc) is 2.97. The van der Waals surface area contributed by atoms with E-state index in [2.05, 4.69) is 24.9 Å². The van der Waals surface area contributed by atoms with Crippen LogP contribution in [0.3, 0.4) is 0 Å². The molecule has 1 unspecified atom stereocenters. The highest BCUT2D eigenvalue weighted by atomic mass is 35.5. The number of anilines is 2. The van der Waals surface area contributed by atoms with Crippen LogP contribution in [0.15, 0.2) is 77.7 Å². The van der Waals surface area contributed by atoms with Gasteiger partial charge in [-0.1, -0.05) is 29.8 Å². The lowest BCUT2D eigenvalue weighted by atomic mass is 10.2. The second-order valence-electron chi connectivity index (χ2n) is 8.81. The summed E-state index contributed by atoms with van der Waals surface area (Å²) in [5, 5.41) is 3.72. The quantitative estimate of drug-likeness (QED) is 0.353. The van der Waals surface area contributed by atoms with E-state index in [9.17, 15) is 9.00 Å². The molecule has 1 aliphatic heterocycles. The van der Waals surface area contributed by atoms with Gasteiger partial charge in [-0.05, 0) is 61.6 Å². The van der Waals surface area contributed by atoms with Crippen molar-refractivity contribution in [3.63, 3.8) is 0 Å². The normalized spacial score (nSPS) is 14.2. The second kappa shape index (κ2) is 13.4. The number of fused-ring (bicyclic) bond motifs is 1. The number of ether oxygens (including phenoxy) is 1. The predicted octanol–water partition coefficient (Wildman–Crippen LogP) is 4.54. The summed E-state index contributed by atoms with van der Waals surface area (Å²) in [6, 6.07) is 21.6. The summed E-state index contributed by atoms with van der Waals surface area (Å²) in [6.07, 6.45) is 0. The molecule has 11 heteroatoms. The van der Waals surface area contributed by atoms with E-state index < -0.39 is 11.0 Å². The van der Waals surface area contributed by atoms with E-state index in [4.69, 9.17) is 16.3 Å². The summed E-state index contributed by atoms with van der Waals surface area (Å²) in [6.45, 7) is 3.09. The highest BCUT2D eigenvalue weighted by Gasteiger charge is 2.21. The van der Waals surface area contributed by atoms with Crippen LogP contribution in [0.5, 0.6) is 5.75 Å². The number of likely N-dealkylation sites (N-methyl/N-ethyl adjacent to an activating group) is 1. The van der Waals surface area contributed by atoms with Crippen LogP contribution in [0, 0.1) is 0 Å². The van der Waals surface area contributed by atoms with Gasteiger partial charge in [-0.15, -0.1) is 0 Å². The van der Waals surface area contributed by atoms with E-state index >= 15 is 0 Å². The molecule has 5 rings (SSSR count). The minimum atomic E-state index is -1.60. The molecular weight excluding hydrogens is 536 g/mol. The Morgan fingerprint density at radius 3 is 2.18 bits per heavy atom. The van der Waals surface area contributed by atoms with Gasteiger partial charge >= 0.3 is 0 Å². The summed E-state index contributed by atoms with van der Waals surface area (Å²) in [5.74, 6) is 1.69. The lowest BCUT2D eigenvalue weighted by Crippen LogP contribution is -2.47. The highest BCUT2D eigenvalue weighted by molar-refractivity contribution is 7.86. The maximum absolute atomic E-state index is 13.0. The van der Waals surface area contributed by atoms with Crippen molar-refractivity contribution in [3.8, 4) is 5.75 Å². The molecule has 1 fully saturated rings. The Hall–Kier alpha value is -3.73. The maximum Gasteiger partial charge on any atom is 0.253 e. The Morgan fingerprint density at radius 2 is 1.56 bits per heavy atom. The molecule has 0 radical (unpaired) electrons. The number of benzene rings is 3. The Morgan fingerprint density at radius 1 is 0.923 bits per heavy atom. The van der Waals surface area contributed by atoms with E-state index in [-0.39, 0.29) is 5.91 Å².